The molecule has 0 aliphatic carbocycles. The van der Waals surface area contributed by atoms with Gasteiger partial charge in [-0.25, -0.2) is 0 Å². The highest BCUT2D eigenvalue weighted by Gasteiger charge is 2.22. The van der Waals surface area contributed by atoms with Crippen molar-refractivity contribution < 1.29 is 4.79 Å². The molecule has 1 aromatic carbocycles. The van der Waals surface area contributed by atoms with Crippen molar-refractivity contribution in [3.05, 3.63) is 35.4 Å². The maximum Gasteiger partial charge on any atom is 0.223 e. The number of aliphatic imine (C=N–C) groups is 1. The van der Waals surface area contributed by atoms with E-state index in [2.05, 4.69) is 41.6 Å². The lowest BCUT2D eigenvalue weighted by atomic mass is 10.1. The van der Waals surface area contributed by atoms with Crippen LogP contribution in [0.25, 0.3) is 0 Å². The maximum absolute atomic E-state index is 12.4. The van der Waals surface area contributed by atoms with Crippen LogP contribution in [0.3, 0.4) is 0 Å². The lowest BCUT2D eigenvalue weighted by molar-refractivity contribution is -0.131. The zero-order valence-corrected chi connectivity index (χ0v) is 16.6. The van der Waals surface area contributed by atoms with Gasteiger partial charge in [0.1, 0.15) is 0 Å². The zero-order chi connectivity index (χ0) is 18.8. The van der Waals surface area contributed by atoms with Gasteiger partial charge in [0.15, 0.2) is 5.96 Å². The van der Waals surface area contributed by atoms with Crippen LogP contribution in [0.4, 0.5) is 0 Å². The molecule has 0 aromatic heterocycles. The Morgan fingerprint density at radius 2 is 1.69 bits per heavy atom. The van der Waals surface area contributed by atoms with Crippen LogP contribution in [0.15, 0.2) is 29.3 Å². The highest BCUT2D eigenvalue weighted by molar-refractivity contribution is 5.80. The molecule has 26 heavy (non-hydrogen) atoms. The second-order valence-electron chi connectivity index (χ2n) is 7.44. The molecule has 0 saturated carbocycles. The number of rotatable bonds is 9. The number of nitrogens with zero attached hydrogens (tertiary/aromatic N) is 2. The van der Waals surface area contributed by atoms with Gasteiger partial charge >= 0.3 is 0 Å². The summed E-state index contributed by atoms with van der Waals surface area (Å²) in [6, 6.07) is 8.30. The zero-order valence-electron chi connectivity index (χ0n) is 16.6. The second kappa shape index (κ2) is 10.8. The van der Waals surface area contributed by atoms with E-state index in [1.54, 1.807) is 7.05 Å². The Kier molecular flexibility index (Phi) is 8.45. The Bertz CT molecular complexity index is 572. The first-order valence-electron chi connectivity index (χ1n) is 9.89. The van der Waals surface area contributed by atoms with E-state index in [0.29, 0.717) is 6.42 Å². The Morgan fingerprint density at radius 1 is 1.08 bits per heavy atom. The summed E-state index contributed by atoms with van der Waals surface area (Å²) in [6.45, 7) is 7.73. The monoisotopic (exact) mass is 358 g/mol. The predicted octanol–water partition coefficient (Wildman–Crippen LogP) is 3.30. The van der Waals surface area contributed by atoms with Crippen molar-refractivity contribution in [2.24, 2.45) is 10.9 Å². The third-order valence-electron chi connectivity index (χ3n) is 4.78. The molecule has 0 radical (unpaired) electrons. The number of hydrogen-bond acceptors (Lipinski definition) is 2. The number of fused-ring (bicyclic) bond motifs is 1. The van der Waals surface area contributed by atoms with Crippen molar-refractivity contribution in [1.82, 2.24) is 15.5 Å². The molecule has 0 unspecified atom stereocenters. The standard InChI is InChI=1S/C21H34N4O/c1-17(2)9-6-7-13-23-21(22-3)24-14-8-12-20(26)25-15-18-10-4-5-11-19(18)16-25/h4-5,10-11,17H,6-9,12-16H2,1-3H3,(H2,22,23,24). The summed E-state index contributed by atoms with van der Waals surface area (Å²) >= 11 is 0. The lowest BCUT2D eigenvalue weighted by Crippen LogP contribution is -2.38. The van der Waals surface area contributed by atoms with Crippen LogP contribution in [-0.2, 0) is 17.9 Å². The number of hydrogen-bond donors (Lipinski definition) is 2. The van der Waals surface area contributed by atoms with Gasteiger partial charge in [0, 0.05) is 39.6 Å². The van der Waals surface area contributed by atoms with E-state index < -0.39 is 0 Å². The van der Waals surface area contributed by atoms with Gasteiger partial charge in [-0.3, -0.25) is 9.79 Å². The van der Waals surface area contributed by atoms with Gasteiger partial charge in [-0.05, 0) is 29.9 Å². The quantitative estimate of drug-likeness (QED) is 0.404. The van der Waals surface area contributed by atoms with E-state index in [4.69, 9.17) is 0 Å². The number of nitrogens with one attached hydrogen (secondary N) is 2. The van der Waals surface area contributed by atoms with Crippen molar-refractivity contribution in [3.63, 3.8) is 0 Å². The third-order valence-corrected chi connectivity index (χ3v) is 4.78. The van der Waals surface area contributed by atoms with Crippen LogP contribution in [-0.4, -0.2) is 36.9 Å². The van der Waals surface area contributed by atoms with Crippen LogP contribution in [0.2, 0.25) is 0 Å². The van der Waals surface area contributed by atoms with Crippen LogP contribution in [0.5, 0.6) is 0 Å². The Balaban J connectivity index is 1.57. The maximum atomic E-state index is 12.4. The molecule has 1 aliphatic heterocycles. The van der Waals surface area contributed by atoms with Crippen LogP contribution < -0.4 is 10.6 Å². The highest BCUT2D eigenvalue weighted by Crippen LogP contribution is 2.22. The molecular formula is C21H34N4O. The topological polar surface area (TPSA) is 56.7 Å². The van der Waals surface area contributed by atoms with Crippen molar-refractivity contribution in [3.8, 4) is 0 Å². The number of benzene rings is 1. The second-order valence-corrected chi connectivity index (χ2v) is 7.44. The molecule has 0 fully saturated rings. The molecule has 1 heterocycles. The van der Waals surface area contributed by atoms with Crippen molar-refractivity contribution in [2.45, 2.75) is 59.0 Å². The van der Waals surface area contributed by atoms with Crippen LogP contribution in [0.1, 0.15) is 57.1 Å². The molecule has 2 N–H and O–H groups in total. The molecule has 0 bridgehead atoms. The van der Waals surface area contributed by atoms with E-state index >= 15 is 0 Å². The van der Waals surface area contributed by atoms with E-state index in [-0.39, 0.29) is 5.91 Å². The normalized spacial score (nSPS) is 13.8. The highest BCUT2D eigenvalue weighted by atomic mass is 16.2. The Labute approximate surface area is 158 Å². The molecule has 144 valence electrons. The first-order valence-corrected chi connectivity index (χ1v) is 9.89. The van der Waals surface area contributed by atoms with E-state index in [1.165, 1.54) is 24.0 Å². The smallest absolute Gasteiger partial charge is 0.223 e. The fourth-order valence-electron chi connectivity index (χ4n) is 3.22. The lowest BCUT2D eigenvalue weighted by Gasteiger charge is -2.16. The minimum atomic E-state index is 0.236. The molecule has 0 atom stereocenters. The fraction of sp³-hybridized carbons (Fsp3) is 0.619. The van der Waals surface area contributed by atoms with Crippen LogP contribution in [0, 0.1) is 5.92 Å². The minimum absolute atomic E-state index is 0.236. The number of unbranched alkanes of at least 4 members (excludes halogenated alkanes) is 1. The molecule has 1 aliphatic rings. The minimum Gasteiger partial charge on any atom is -0.356 e. The summed E-state index contributed by atoms with van der Waals surface area (Å²) in [4.78, 5) is 18.6. The van der Waals surface area contributed by atoms with Crippen molar-refractivity contribution >= 4 is 11.9 Å². The van der Waals surface area contributed by atoms with Gasteiger partial charge in [0.05, 0.1) is 0 Å². The fourth-order valence-corrected chi connectivity index (χ4v) is 3.22. The van der Waals surface area contributed by atoms with Gasteiger partial charge < -0.3 is 15.5 Å². The van der Waals surface area contributed by atoms with Crippen LogP contribution >= 0.6 is 0 Å². The molecule has 5 heteroatoms. The average molecular weight is 359 g/mol. The summed E-state index contributed by atoms with van der Waals surface area (Å²) in [5.41, 5.74) is 2.56. The Morgan fingerprint density at radius 3 is 2.27 bits per heavy atom. The van der Waals surface area contributed by atoms with Gasteiger partial charge in [-0.15, -0.1) is 0 Å². The molecule has 1 amide bonds. The van der Waals surface area contributed by atoms with E-state index in [9.17, 15) is 4.79 Å². The number of guanidine groups is 1. The number of amides is 1. The van der Waals surface area contributed by atoms with E-state index in [1.807, 2.05) is 17.0 Å². The molecule has 0 spiro atoms. The summed E-state index contributed by atoms with van der Waals surface area (Å²) < 4.78 is 0. The first kappa shape index (κ1) is 20.3. The Hall–Kier alpha value is -2.04. The van der Waals surface area contributed by atoms with E-state index in [0.717, 1.165) is 50.9 Å². The van der Waals surface area contributed by atoms with Gasteiger partial charge in [0.2, 0.25) is 5.91 Å². The molecule has 1 aromatic rings. The van der Waals surface area contributed by atoms with Crippen molar-refractivity contribution in [2.75, 3.05) is 20.1 Å². The van der Waals surface area contributed by atoms with Gasteiger partial charge in [-0.2, -0.15) is 0 Å². The summed E-state index contributed by atoms with van der Waals surface area (Å²) in [7, 11) is 1.79. The summed E-state index contributed by atoms with van der Waals surface area (Å²) in [6.07, 6.45) is 5.07. The largest absolute Gasteiger partial charge is 0.356 e. The molecule has 2 rings (SSSR count). The summed E-state index contributed by atoms with van der Waals surface area (Å²) in [5.74, 6) is 1.84. The van der Waals surface area contributed by atoms with Crippen molar-refractivity contribution in [1.29, 1.82) is 0 Å². The molecule has 5 nitrogen and oxygen atoms in total. The SMILES string of the molecule is CN=C(NCCCCC(C)C)NCCCC(=O)N1Cc2ccccc2C1. The average Bonchev–Trinajstić information content (AvgIpc) is 3.07. The predicted molar refractivity (Wildman–Crippen MR) is 108 cm³/mol. The summed E-state index contributed by atoms with van der Waals surface area (Å²) in [5, 5.41) is 6.64. The number of carbonyl (C=O) groups excluding carboxylic acids is 1. The van der Waals surface area contributed by atoms with Gasteiger partial charge in [-0.1, -0.05) is 51.0 Å². The third kappa shape index (κ3) is 6.70. The first-order chi connectivity index (χ1) is 12.6. The molecule has 0 saturated heterocycles. The van der Waals surface area contributed by atoms with Gasteiger partial charge in [0.25, 0.3) is 0 Å². The number of carbonyl (C=O) groups is 1. The molecular weight excluding hydrogens is 324 g/mol.